The van der Waals surface area contributed by atoms with Gasteiger partial charge in [-0.1, -0.05) is 84.0 Å². The first-order valence-corrected chi connectivity index (χ1v) is 10.2. The molecule has 0 aliphatic rings. The summed E-state index contributed by atoms with van der Waals surface area (Å²) in [6, 6.07) is 0. The van der Waals surface area contributed by atoms with E-state index in [-0.39, 0.29) is 6.42 Å². The zero-order valence-electron chi connectivity index (χ0n) is 15.7. The maximum absolute atomic E-state index is 10.4. The highest BCUT2D eigenvalue weighted by molar-refractivity contribution is 5.66. The van der Waals surface area contributed by atoms with Crippen molar-refractivity contribution in [3.05, 3.63) is 0 Å². The molecule has 144 valence electrons. The van der Waals surface area contributed by atoms with Crippen LogP contribution in [0.4, 0.5) is 0 Å². The van der Waals surface area contributed by atoms with Gasteiger partial charge >= 0.3 is 5.97 Å². The van der Waals surface area contributed by atoms with Crippen LogP contribution >= 0.6 is 0 Å². The highest BCUT2D eigenvalue weighted by atomic mass is 16.4. The number of aliphatic hydroxyl groups excluding tert-OH is 2. The van der Waals surface area contributed by atoms with Gasteiger partial charge in [-0.05, 0) is 19.3 Å². The molecule has 2 unspecified atom stereocenters. The molecule has 0 aromatic heterocycles. The van der Waals surface area contributed by atoms with Gasteiger partial charge in [-0.15, -0.1) is 0 Å². The van der Waals surface area contributed by atoms with Crippen LogP contribution in [0, 0.1) is 0 Å². The molecule has 0 spiro atoms. The van der Waals surface area contributed by atoms with Crippen molar-refractivity contribution >= 4 is 5.97 Å². The monoisotopic (exact) mass is 344 g/mol. The molecule has 0 aliphatic carbocycles. The lowest BCUT2D eigenvalue weighted by atomic mass is 9.99. The molecule has 3 N–H and O–H groups in total. The molecule has 0 aliphatic heterocycles. The number of carboxylic acids is 1. The predicted molar refractivity (Wildman–Crippen MR) is 99.2 cm³/mol. The Morgan fingerprint density at radius 3 is 1.46 bits per heavy atom. The van der Waals surface area contributed by atoms with Crippen LogP contribution in [0.2, 0.25) is 0 Å². The van der Waals surface area contributed by atoms with Crippen molar-refractivity contribution in [1.29, 1.82) is 0 Å². The number of hydrogen-bond acceptors (Lipinski definition) is 3. The van der Waals surface area contributed by atoms with Crippen LogP contribution in [-0.2, 0) is 4.79 Å². The van der Waals surface area contributed by atoms with E-state index in [1.165, 1.54) is 25.7 Å². The van der Waals surface area contributed by atoms with Gasteiger partial charge in [0.1, 0.15) is 0 Å². The molecular weight excluding hydrogens is 304 g/mol. The van der Waals surface area contributed by atoms with E-state index in [2.05, 4.69) is 6.92 Å². The average Bonchev–Trinajstić information content (AvgIpc) is 2.55. The molecule has 0 saturated heterocycles. The summed E-state index contributed by atoms with van der Waals surface area (Å²) in [5.74, 6) is -0.705. The van der Waals surface area contributed by atoms with Gasteiger partial charge in [-0.2, -0.15) is 0 Å². The third-order valence-electron chi connectivity index (χ3n) is 4.69. The summed E-state index contributed by atoms with van der Waals surface area (Å²) < 4.78 is 0. The quantitative estimate of drug-likeness (QED) is 0.304. The summed E-state index contributed by atoms with van der Waals surface area (Å²) in [5.41, 5.74) is 0. The Morgan fingerprint density at radius 1 is 0.667 bits per heavy atom. The van der Waals surface area contributed by atoms with E-state index < -0.39 is 18.2 Å². The maximum Gasteiger partial charge on any atom is 0.303 e. The van der Waals surface area contributed by atoms with E-state index in [1.54, 1.807) is 0 Å². The second-order valence-electron chi connectivity index (χ2n) is 7.10. The first kappa shape index (κ1) is 23.4. The van der Waals surface area contributed by atoms with Crippen molar-refractivity contribution in [1.82, 2.24) is 0 Å². The van der Waals surface area contributed by atoms with Gasteiger partial charge < -0.3 is 15.3 Å². The Hall–Kier alpha value is -0.610. The Bertz CT molecular complexity index is 281. The number of carboxylic acid groups (broad SMARTS) is 1. The average molecular weight is 345 g/mol. The van der Waals surface area contributed by atoms with E-state index in [0.29, 0.717) is 6.42 Å². The van der Waals surface area contributed by atoms with Crippen molar-refractivity contribution < 1.29 is 20.1 Å². The summed E-state index contributed by atoms with van der Waals surface area (Å²) in [6.45, 7) is 2.21. The Balaban J connectivity index is 3.35. The molecule has 0 aromatic carbocycles. The molecule has 0 heterocycles. The molecule has 0 radical (unpaired) electrons. The van der Waals surface area contributed by atoms with Crippen LogP contribution < -0.4 is 0 Å². The zero-order valence-corrected chi connectivity index (χ0v) is 15.7. The van der Waals surface area contributed by atoms with Crippen LogP contribution in [0.25, 0.3) is 0 Å². The van der Waals surface area contributed by atoms with E-state index >= 15 is 0 Å². The first-order chi connectivity index (χ1) is 11.6. The van der Waals surface area contributed by atoms with E-state index in [0.717, 1.165) is 64.2 Å². The largest absolute Gasteiger partial charge is 0.481 e. The van der Waals surface area contributed by atoms with Crippen molar-refractivity contribution in [2.75, 3.05) is 0 Å². The van der Waals surface area contributed by atoms with Gasteiger partial charge in [-0.3, -0.25) is 4.79 Å². The van der Waals surface area contributed by atoms with E-state index in [4.69, 9.17) is 5.11 Å². The minimum absolute atomic E-state index is 0.280. The molecule has 4 heteroatoms. The molecular formula is C20H40O4. The van der Waals surface area contributed by atoms with Gasteiger partial charge in [0.05, 0.1) is 12.2 Å². The number of carbonyl (C=O) groups is 1. The number of unbranched alkanes of at least 4 members (excludes halogenated alkanes) is 11. The second-order valence-corrected chi connectivity index (χ2v) is 7.10. The minimum Gasteiger partial charge on any atom is -0.481 e. The van der Waals surface area contributed by atoms with Crippen molar-refractivity contribution in [2.24, 2.45) is 0 Å². The van der Waals surface area contributed by atoms with Crippen molar-refractivity contribution in [3.8, 4) is 0 Å². The van der Waals surface area contributed by atoms with E-state index in [1.807, 2.05) is 0 Å². The van der Waals surface area contributed by atoms with Crippen LogP contribution in [-0.4, -0.2) is 33.5 Å². The number of aliphatic hydroxyl groups is 2. The topological polar surface area (TPSA) is 77.8 Å². The Kier molecular flexibility index (Phi) is 16.8. The third kappa shape index (κ3) is 16.3. The molecule has 0 rings (SSSR count). The highest BCUT2D eigenvalue weighted by Gasteiger charge is 2.15. The minimum atomic E-state index is -0.705. The van der Waals surface area contributed by atoms with Crippen LogP contribution in [0.5, 0.6) is 0 Å². The predicted octanol–water partition coefficient (Wildman–Crippen LogP) is 5.05. The van der Waals surface area contributed by atoms with Crippen LogP contribution in [0.3, 0.4) is 0 Å². The molecule has 24 heavy (non-hydrogen) atoms. The molecule has 0 fully saturated rings. The number of hydrogen-bond donors (Lipinski definition) is 3. The molecule has 0 bridgehead atoms. The summed E-state index contributed by atoms with van der Waals surface area (Å²) >= 11 is 0. The SMILES string of the molecule is CCCCCCCCC(O)C(O)CCCCCCCCCC(=O)O. The van der Waals surface area contributed by atoms with E-state index in [9.17, 15) is 15.0 Å². The van der Waals surface area contributed by atoms with Crippen LogP contribution in [0.1, 0.15) is 110 Å². The molecule has 0 amide bonds. The van der Waals surface area contributed by atoms with Crippen molar-refractivity contribution in [2.45, 2.75) is 122 Å². The standard InChI is InChI=1S/C20H40O4/c1-2-3-4-5-9-12-15-18(21)19(22)16-13-10-7-6-8-11-14-17-20(23)24/h18-19,21-22H,2-17H2,1H3,(H,23,24). The Labute approximate surface area is 148 Å². The lowest BCUT2D eigenvalue weighted by Gasteiger charge is -2.17. The fraction of sp³-hybridized carbons (Fsp3) is 0.950. The normalized spacial score (nSPS) is 13.8. The molecule has 0 saturated carbocycles. The Morgan fingerprint density at radius 2 is 1.04 bits per heavy atom. The third-order valence-corrected chi connectivity index (χ3v) is 4.69. The summed E-state index contributed by atoms with van der Waals surface area (Å²) in [4.78, 5) is 10.4. The molecule has 0 aromatic rings. The second kappa shape index (κ2) is 17.2. The summed E-state index contributed by atoms with van der Waals surface area (Å²) in [5, 5.41) is 28.5. The maximum atomic E-state index is 10.4. The van der Waals surface area contributed by atoms with Crippen molar-refractivity contribution in [3.63, 3.8) is 0 Å². The molecule has 2 atom stereocenters. The smallest absolute Gasteiger partial charge is 0.303 e. The summed E-state index contributed by atoms with van der Waals surface area (Å²) in [7, 11) is 0. The highest BCUT2D eigenvalue weighted by Crippen LogP contribution is 2.15. The van der Waals surface area contributed by atoms with Gasteiger partial charge in [0.2, 0.25) is 0 Å². The lowest BCUT2D eigenvalue weighted by molar-refractivity contribution is -0.137. The fourth-order valence-corrected chi connectivity index (χ4v) is 3.03. The number of rotatable bonds is 18. The van der Waals surface area contributed by atoms with Gasteiger partial charge in [0.25, 0.3) is 0 Å². The van der Waals surface area contributed by atoms with Gasteiger partial charge in [0.15, 0.2) is 0 Å². The first-order valence-electron chi connectivity index (χ1n) is 10.2. The van der Waals surface area contributed by atoms with Crippen LogP contribution in [0.15, 0.2) is 0 Å². The fourth-order valence-electron chi connectivity index (χ4n) is 3.03. The van der Waals surface area contributed by atoms with Gasteiger partial charge in [0, 0.05) is 6.42 Å². The molecule has 4 nitrogen and oxygen atoms in total. The van der Waals surface area contributed by atoms with Gasteiger partial charge in [-0.25, -0.2) is 0 Å². The number of aliphatic carboxylic acids is 1. The zero-order chi connectivity index (χ0) is 18.0. The summed E-state index contributed by atoms with van der Waals surface area (Å²) in [6.07, 6.45) is 15.0. The lowest BCUT2D eigenvalue weighted by Crippen LogP contribution is -2.25.